The zero-order valence-electron chi connectivity index (χ0n) is 39.2. The minimum atomic E-state index is 0.871. The SMILES string of the molecule is c1ccc(-c2ccc3c(c2)c2cc(-c4ccccc4)ccc2n3-c2c3ccccc3c(-c3cccc4c3oc3cccc(-c5c6ccccc6c(-c6ccccc6)c6ccccc56)c34)c3ccccc23)cc1. The fraction of sp³-hybridized carbons (Fsp3) is 0. The summed E-state index contributed by atoms with van der Waals surface area (Å²) < 4.78 is 9.75. The lowest BCUT2D eigenvalue weighted by Crippen LogP contribution is -1.99. The molecule has 15 aromatic rings. The number of para-hydroxylation sites is 1. The second-order valence-electron chi connectivity index (χ2n) is 19.0. The van der Waals surface area contributed by atoms with Crippen LogP contribution in [0.5, 0.6) is 0 Å². The van der Waals surface area contributed by atoms with Gasteiger partial charge in [-0.25, -0.2) is 0 Å². The molecule has 0 aliphatic heterocycles. The third-order valence-electron chi connectivity index (χ3n) is 15.2. The van der Waals surface area contributed by atoms with Gasteiger partial charge in [-0.05, 0) is 107 Å². The largest absolute Gasteiger partial charge is 0.455 e. The number of hydrogen-bond donors (Lipinski definition) is 0. The van der Waals surface area contributed by atoms with Crippen molar-refractivity contribution in [3.63, 3.8) is 0 Å². The summed E-state index contributed by atoms with van der Waals surface area (Å²) in [4.78, 5) is 0. The number of nitrogens with zero attached hydrogens (tertiary/aromatic N) is 1. The summed E-state index contributed by atoms with van der Waals surface area (Å²) >= 11 is 0. The maximum Gasteiger partial charge on any atom is 0.143 e. The Bertz CT molecular complexity index is 4450. The molecule has 0 unspecified atom stereocenters. The molecule has 0 bridgehead atoms. The Kier molecular flexibility index (Phi) is 8.99. The monoisotopic (exact) mass is 913 g/mol. The quantitative estimate of drug-likeness (QED) is 0.152. The van der Waals surface area contributed by atoms with E-state index in [2.05, 4.69) is 265 Å². The van der Waals surface area contributed by atoms with Crippen LogP contribution in [0.2, 0.25) is 0 Å². The molecule has 2 heteroatoms. The Morgan fingerprint density at radius 2 is 0.639 bits per heavy atom. The molecule has 2 aromatic heterocycles. The molecule has 13 aromatic carbocycles. The Hall–Kier alpha value is -9.50. The van der Waals surface area contributed by atoms with Crippen molar-refractivity contribution in [3.05, 3.63) is 261 Å². The van der Waals surface area contributed by atoms with Gasteiger partial charge in [0.05, 0.1) is 16.7 Å². The molecule has 0 aliphatic carbocycles. The number of hydrogen-bond acceptors (Lipinski definition) is 1. The summed E-state index contributed by atoms with van der Waals surface area (Å²) in [5, 5.41) is 14.3. The highest BCUT2D eigenvalue weighted by atomic mass is 16.3. The first kappa shape index (κ1) is 40.4. The molecule has 334 valence electrons. The van der Waals surface area contributed by atoms with E-state index in [0.29, 0.717) is 0 Å². The van der Waals surface area contributed by atoms with E-state index in [0.717, 1.165) is 38.6 Å². The van der Waals surface area contributed by atoms with Gasteiger partial charge in [-0.1, -0.05) is 231 Å². The lowest BCUT2D eigenvalue weighted by atomic mass is 9.85. The Morgan fingerprint density at radius 1 is 0.250 bits per heavy atom. The molecule has 0 N–H and O–H groups in total. The highest BCUT2D eigenvalue weighted by Crippen LogP contribution is 2.50. The molecule has 0 amide bonds. The first-order valence-corrected chi connectivity index (χ1v) is 24.8. The normalized spacial score (nSPS) is 11.9. The number of fused-ring (bicyclic) bond motifs is 10. The summed E-state index contributed by atoms with van der Waals surface area (Å²) in [6.07, 6.45) is 0. The van der Waals surface area contributed by atoms with Crippen molar-refractivity contribution in [2.45, 2.75) is 0 Å². The second kappa shape index (κ2) is 16.0. The van der Waals surface area contributed by atoms with Crippen LogP contribution in [-0.4, -0.2) is 4.57 Å². The first-order valence-electron chi connectivity index (χ1n) is 24.8. The molecule has 0 atom stereocenters. The summed E-state index contributed by atoms with van der Waals surface area (Å²) in [5.41, 5.74) is 17.2. The molecule has 0 fully saturated rings. The van der Waals surface area contributed by atoms with Gasteiger partial charge in [0.15, 0.2) is 0 Å². The van der Waals surface area contributed by atoms with Crippen LogP contribution in [0.25, 0.3) is 148 Å². The van der Waals surface area contributed by atoms with Crippen LogP contribution in [0.3, 0.4) is 0 Å². The summed E-state index contributed by atoms with van der Waals surface area (Å²) in [5.74, 6) is 0. The topological polar surface area (TPSA) is 18.1 Å². The smallest absolute Gasteiger partial charge is 0.143 e. The van der Waals surface area contributed by atoms with Crippen LogP contribution < -0.4 is 0 Å². The molecule has 0 saturated carbocycles. The number of rotatable bonds is 6. The zero-order chi connectivity index (χ0) is 47.3. The Morgan fingerprint density at radius 3 is 1.15 bits per heavy atom. The third-order valence-corrected chi connectivity index (χ3v) is 15.2. The van der Waals surface area contributed by atoms with Gasteiger partial charge in [0, 0.05) is 43.4 Å². The standard InChI is InChI=1S/C70H43NO/c1-4-20-44(21-5-1)47-38-40-62-60(42-47)61-43-48(45-22-6-2-7-23-45)39-41-63(61)71(62)69-55-32-16-14-30-53(55)67(54-31-15-17-33-56(54)69)58-35-18-36-59-68-57(34-19-37-64(68)72-70(58)59)66-51-28-12-10-26-49(51)65(46-24-8-3-9-25-46)50-27-11-13-29-52(50)66/h1-43H. The predicted octanol–water partition coefficient (Wildman–Crippen LogP) is 19.6. The zero-order valence-corrected chi connectivity index (χ0v) is 39.2. The highest BCUT2D eigenvalue weighted by Gasteiger charge is 2.25. The molecular weight excluding hydrogens is 871 g/mol. The predicted molar refractivity (Wildman–Crippen MR) is 305 cm³/mol. The number of aromatic nitrogens is 1. The van der Waals surface area contributed by atoms with Crippen molar-refractivity contribution in [1.29, 1.82) is 0 Å². The van der Waals surface area contributed by atoms with Crippen molar-refractivity contribution < 1.29 is 4.42 Å². The molecule has 2 nitrogen and oxygen atoms in total. The minimum Gasteiger partial charge on any atom is -0.455 e. The number of benzene rings is 13. The molecule has 0 aliphatic rings. The average Bonchev–Trinajstić information content (AvgIpc) is 4.00. The van der Waals surface area contributed by atoms with E-state index < -0.39 is 0 Å². The Labute approximate surface area is 415 Å². The molecule has 0 radical (unpaired) electrons. The van der Waals surface area contributed by atoms with Crippen molar-refractivity contribution in [2.24, 2.45) is 0 Å². The second-order valence-corrected chi connectivity index (χ2v) is 19.0. The fourth-order valence-electron chi connectivity index (χ4n) is 12.1. The van der Waals surface area contributed by atoms with E-state index in [1.807, 2.05) is 0 Å². The highest BCUT2D eigenvalue weighted by molar-refractivity contribution is 6.28. The van der Waals surface area contributed by atoms with Gasteiger partial charge in [0.2, 0.25) is 0 Å². The van der Waals surface area contributed by atoms with Crippen LogP contribution in [0.15, 0.2) is 265 Å². The summed E-state index contributed by atoms with van der Waals surface area (Å²) in [7, 11) is 0. The fourth-order valence-corrected chi connectivity index (χ4v) is 12.1. The molecule has 72 heavy (non-hydrogen) atoms. The van der Waals surface area contributed by atoms with Gasteiger partial charge >= 0.3 is 0 Å². The van der Waals surface area contributed by atoms with Crippen LogP contribution in [-0.2, 0) is 0 Å². The van der Waals surface area contributed by atoms with Crippen molar-refractivity contribution in [2.75, 3.05) is 0 Å². The van der Waals surface area contributed by atoms with E-state index >= 15 is 0 Å². The van der Waals surface area contributed by atoms with E-state index in [1.54, 1.807) is 0 Å². The van der Waals surface area contributed by atoms with E-state index in [1.165, 1.54) is 110 Å². The van der Waals surface area contributed by atoms with Gasteiger partial charge in [-0.2, -0.15) is 0 Å². The van der Waals surface area contributed by atoms with E-state index in [9.17, 15) is 0 Å². The van der Waals surface area contributed by atoms with Gasteiger partial charge in [-0.3, -0.25) is 0 Å². The molecular formula is C70H43NO. The van der Waals surface area contributed by atoms with Gasteiger partial charge in [-0.15, -0.1) is 0 Å². The van der Waals surface area contributed by atoms with Crippen LogP contribution >= 0.6 is 0 Å². The van der Waals surface area contributed by atoms with Crippen molar-refractivity contribution in [3.8, 4) is 61.3 Å². The minimum absolute atomic E-state index is 0.871. The van der Waals surface area contributed by atoms with Crippen molar-refractivity contribution in [1.82, 2.24) is 4.57 Å². The average molecular weight is 914 g/mol. The van der Waals surface area contributed by atoms with Gasteiger partial charge < -0.3 is 8.98 Å². The summed E-state index contributed by atoms with van der Waals surface area (Å²) in [6, 6.07) is 95.3. The lowest BCUT2D eigenvalue weighted by molar-refractivity contribution is 0.670. The molecule has 2 heterocycles. The summed E-state index contributed by atoms with van der Waals surface area (Å²) in [6.45, 7) is 0. The van der Waals surface area contributed by atoms with Gasteiger partial charge in [0.25, 0.3) is 0 Å². The van der Waals surface area contributed by atoms with Crippen LogP contribution in [0, 0.1) is 0 Å². The molecule has 0 spiro atoms. The molecule has 0 saturated heterocycles. The van der Waals surface area contributed by atoms with Crippen LogP contribution in [0.1, 0.15) is 0 Å². The lowest BCUT2D eigenvalue weighted by Gasteiger charge is -2.20. The van der Waals surface area contributed by atoms with E-state index in [4.69, 9.17) is 4.42 Å². The number of furan rings is 1. The van der Waals surface area contributed by atoms with Gasteiger partial charge in [0.1, 0.15) is 11.2 Å². The van der Waals surface area contributed by atoms with E-state index in [-0.39, 0.29) is 0 Å². The van der Waals surface area contributed by atoms with Crippen molar-refractivity contribution >= 4 is 86.8 Å². The van der Waals surface area contributed by atoms with Crippen LogP contribution in [0.4, 0.5) is 0 Å². The Balaban J connectivity index is 0.997. The maximum atomic E-state index is 7.22. The third kappa shape index (κ3) is 6.03. The molecule has 15 rings (SSSR count). The maximum absolute atomic E-state index is 7.22. The first-order chi connectivity index (χ1) is 35.8.